The maximum Gasteiger partial charge on any atom is 0.451 e. The Hall–Kier alpha value is -2.23. The lowest BCUT2D eigenvalue weighted by Crippen LogP contribution is -2.39. The molecule has 1 aliphatic heterocycles. The Bertz CT molecular complexity index is 818. The maximum atomic E-state index is 12.6. The van der Waals surface area contributed by atoms with E-state index in [4.69, 9.17) is 0 Å². The van der Waals surface area contributed by atoms with Gasteiger partial charge in [0.1, 0.15) is 0 Å². The summed E-state index contributed by atoms with van der Waals surface area (Å²) in [5.41, 5.74) is 0.449. The summed E-state index contributed by atoms with van der Waals surface area (Å²) < 4.78 is 62.6. The minimum Gasteiger partial charge on any atom is -0.369 e. The first-order chi connectivity index (χ1) is 11.8. The van der Waals surface area contributed by atoms with Gasteiger partial charge in [0.25, 0.3) is 0 Å². The summed E-state index contributed by atoms with van der Waals surface area (Å²) in [6.45, 7) is 0.803. The molecule has 6 nitrogen and oxygen atoms in total. The highest BCUT2D eigenvalue weighted by Crippen LogP contribution is 2.29. The van der Waals surface area contributed by atoms with Gasteiger partial charge in [-0.3, -0.25) is 4.98 Å². The molecular weight excluding hydrogens is 357 g/mol. The van der Waals surface area contributed by atoms with Crippen LogP contribution in [0.15, 0.2) is 41.8 Å². The largest absolute Gasteiger partial charge is 0.451 e. The average Bonchev–Trinajstić information content (AvgIpc) is 2.62. The quantitative estimate of drug-likeness (QED) is 0.823. The third-order valence-electron chi connectivity index (χ3n) is 4.10. The van der Waals surface area contributed by atoms with Crippen molar-refractivity contribution in [3.63, 3.8) is 0 Å². The van der Waals surface area contributed by atoms with Crippen LogP contribution in [0.3, 0.4) is 0 Å². The summed E-state index contributed by atoms with van der Waals surface area (Å²) in [5, 5.41) is -0.539. The van der Waals surface area contributed by atoms with E-state index in [0.717, 1.165) is 12.4 Å². The highest BCUT2D eigenvalue weighted by molar-refractivity contribution is 7.92. The van der Waals surface area contributed by atoms with Crippen LogP contribution in [-0.2, 0) is 16.0 Å². The van der Waals surface area contributed by atoms with Crippen LogP contribution in [0.5, 0.6) is 0 Å². The molecule has 0 aromatic carbocycles. The molecule has 0 atom stereocenters. The molecule has 1 aliphatic rings. The molecule has 134 valence electrons. The minimum atomic E-state index is -4.58. The van der Waals surface area contributed by atoms with Gasteiger partial charge in [0, 0.05) is 25.5 Å². The number of alkyl halides is 3. The van der Waals surface area contributed by atoms with Crippen molar-refractivity contribution in [2.75, 3.05) is 18.0 Å². The second-order valence-corrected chi connectivity index (χ2v) is 7.91. The summed E-state index contributed by atoms with van der Waals surface area (Å²) >= 11 is 0. The number of pyridine rings is 1. The molecule has 3 rings (SSSR count). The number of aromatic nitrogens is 3. The molecule has 0 amide bonds. The van der Waals surface area contributed by atoms with Crippen molar-refractivity contribution in [3.8, 4) is 0 Å². The second kappa shape index (κ2) is 6.58. The van der Waals surface area contributed by atoms with E-state index >= 15 is 0 Å². The molecule has 0 saturated carbocycles. The lowest BCUT2D eigenvalue weighted by atomic mass is 10.1. The molecule has 3 heterocycles. The summed E-state index contributed by atoms with van der Waals surface area (Å²) in [4.78, 5) is 12.5. The fraction of sp³-hybridized carbons (Fsp3) is 0.400. The fourth-order valence-electron chi connectivity index (χ4n) is 2.76. The Morgan fingerprint density at radius 3 is 2.24 bits per heavy atom. The molecule has 10 heteroatoms. The van der Waals surface area contributed by atoms with Crippen molar-refractivity contribution in [1.82, 2.24) is 15.0 Å². The molecule has 2 aromatic heterocycles. The second-order valence-electron chi connectivity index (χ2n) is 5.68. The molecular formula is C15H15F3N4O2S. The standard InChI is InChI=1S/C15H15F3N4O2S/c16-15(17,18)14-20-8-11(9-21-14)22-6-3-12(4-7-22)25(23,24)13-2-1-5-19-10-13/h1-2,5,8-10,12H,3-4,6-7H2. The molecule has 0 unspecified atom stereocenters. The van der Waals surface area contributed by atoms with Crippen molar-refractivity contribution >= 4 is 15.5 Å². The van der Waals surface area contributed by atoms with Gasteiger partial charge >= 0.3 is 6.18 Å². The van der Waals surface area contributed by atoms with Gasteiger partial charge in [0.05, 0.1) is 28.2 Å². The van der Waals surface area contributed by atoms with Gasteiger partial charge < -0.3 is 4.90 Å². The van der Waals surface area contributed by atoms with E-state index in [2.05, 4.69) is 15.0 Å². The minimum absolute atomic E-state index is 0.186. The van der Waals surface area contributed by atoms with Gasteiger partial charge in [-0.25, -0.2) is 18.4 Å². The number of nitrogens with zero attached hydrogens (tertiary/aromatic N) is 4. The maximum absolute atomic E-state index is 12.6. The predicted molar refractivity (Wildman–Crippen MR) is 83.7 cm³/mol. The highest BCUT2D eigenvalue weighted by Gasteiger charge is 2.35. The smallest absolute Gasteiger partial charge is 0.369 e. The average molecular weight is 372 g/mol. The zero-order chi connectivity index (χ0) is 18.1. The Kier molecular flexibility index (Phi) is 4.63. The predicted octanol–water partition coefficient (Wildman–Crippen LogP) is 2.33. The Balaban J connectivity index is 1.68. The van der Waals surface area contributed by atoms with E-state index < -0.39 is 27.1 Å². The van der Waals surface area contributed by atoms with E-state index in [1.54, 1.807) is 11.0 Å². The van der Waals surface area contributed by atoms with Crippen LogP contribution in [0, 0.1) is 0 Å². The fourth-order valence-corrected chi connectivity index (χ4v) is 4.46. The van der Waals surface area contributed by atoms with Gasteiger partial charge in [-0.1, -0.05) is 0 Å². The third kappa shape index (κ3) is 3.73. The van der Waals surface area contributed by atoms with Crippen LogP contribution < -0.4 is 4.90 Å². The van der Waals surface area contributed by atoms with Crippen LogP contribution in [0.4, 0.5) is 18.9 Å². The van der Waals surface area contributed by atoms with Gasteiger partial charge in [0.15, 0.2) is 9.84 Å². The van der Waals surface area contributed by atoms with Gasteiger partial charge in [-0.05, 0) is 25.0 Å². The molecule has 0 bridgehead atoms. The number of sulfone groups is 1. The number of anilines is 1. The lowest BCUT2D eigenvalue weighted by Gasteiger charge is -2.32. The molecule has 0 radical (unpaired) electrons. The normalized spacial score (nSPS) is 16.8. The first-order valence-corrected chi connectivity index (χ1v) is 9.11. The van der Waals surface area contributed by atoms with E-state index in [1.165, 1.54) is 18.5 Å². The van der Waals surface area contributed by atoms with Crippen LogP contribution in [0.2, 0.25) is 0 Å². The van der Waals surface area contributed by atoms with Crippen molar-refractivity contribution in [2.24, 2.45) is 0 Å². The molecule has 2 aromatic rings. The number of hydrogen-bond acceptors (Lipinski definition) is 6. The van der Waals surface area contributed by atoms with Crippen LogP contribution >= 0.6 is 0 Å². The summed E-state index contributed by atoms with van der Waals surface area (Å²) in [7, 11) is -3.46. The Morgan fingerprint density at radius 1 is 1.08 bits per heavy atom. The zero-order valence-electron chi connectivity index (χ0n) is 13.0. The first-order valence-electron chi connectivity index (χ1n) is 7.56. The third-order valence-corrected chi connectivity index (χ3v) is 6.35. The summed E-state index contributed by atoms with van der Waals surface area (Å²) in [6, 6.07) is 3.08. The summed E-state index contributed by atoms with van der Waals surface area (Å²) in [6.07, 6.45) is 1.23. The van der Waals surface area contributed by atoms with Gasteiger partial charge in [-0.15, -0.1) is 0 Å². The van der Waals surface area contributed by atoms with E-state index in [0.29, 0.717) is 31.6 Å². The van der Waals surface area contributed by atoms with Crippen LogP contribution in [0.1, 0.15) is 18.7 Å². The SMILES string of the molecule is O=S(=O)(c1cccnc1)C1CCN(c2cnc(C(F)(F)F)nc2)CC1. The highest BCUT2D eigenvalue weighted by atomic mass is 32.2. The van der Waals surface area contributed by atoms with Gasteiger partial charge in [-0.2, -0.15) is 13.2 Å². The molecule has 0 spiro atoms. The van der Waals surface area contributed by atoms with Crippen molar-refractivity contribution in [3.05, 3.63) is 42.7 Å². The van der Waals surface area contributed by atoms with Crippen molar-refractivity contribution < 1.29 is 21.6 Å². The molecule has 0 N–H and O–H groups in total. The summed E-state index contributed by atoms with van der Waals surface area (Å²) in [5.74, 6) is -1.19. The molecule has 25 heavy (non-hydrogen) atoms. The van der Waals surface area contributed by atoms with Crippen LogP contribution in [-0.4, -0.2) is 41.7 Å². The van der Waals surface area contributed by atoms with E-state index in [9.17, 15) is 21.6 Å². The zero-order valence-corrected chi connectivity index (χ0v) is 13.8. The van der Waals surface area contributed by atoms with Crippen LogP contribution in [0.25, 0.3) is 0 Å². The van der Waals surface area contributed by atoms with Gasteiger partial charge in [0.2, 0.25) is 5.82 Å². The Labute approximate surface area is 142 Å². The Morgan fingerprint density at radius 2 is 1.72 bits per heavy atom. The molecule has 0 aliphatic carbocycles. The number of halogens is 3. The first kappa shape index (κ1) is 17.6. The van der Waals surface area contributed by atoms with E-state index in [1.807, 2.05) is 0 Å². The number of rotatable bonds is 3. The lowest BCUT2D eigenvalue weighted by molar-refractivity contribution is -0.144. The van der Waals surface area contributed by atoms with Crippen molar-refractivity contribution in [1.29, 1.82) is 0 Å². The molecule has 1 fully saturated rings. The number of piperidine rings is 1. The number of hydrogen-bond donors (Lipinski definition) is 0. The topological polar surface area (TPSA) is 76.1 Å². The molecule has 1 saturated heterocycles. The van der Waals surface area contributed by atoms with Crippen molar-refractivity contribution in [2.45, 2.75) is 29.2 Å². The monoisotopic (exact) mass is 372 g/mol. The van der Waals surface area contributed by atoms with E-state index in [-0.39, 0.29) is 4.90 Å².